The summed E-state index contributed by atoms with van der Waals surface area (Å²) in [6, 6.07) is 7.82. The van der Waals surface area contributed by atoms with Crippen molar-refractivity contribution in [3.63, 3.8) is 0 Å². The SMILES string of the molecule is Cn1c(=O)n(CCCO)c(=O)c2c1nc(Oc1cccc(OC(F)(F)F)c1)n2Cc1ccc(Cl)cn1. The molecule has 10 nitrogen and oxygen atoms in total. The van der Waals surface area contributed by atoms with Gasteiger partial charge in [-0.1, -0.05) is 17.7 Å². The molecule has 0 radical (unpaired) electrons. The number of aromatic nitrogens is 5. The van der Waals surface area contributed by atoms with Gasteiger partial charge in [0.05, 0.1) is 17.3 Å². The quantitative estimate of drug-likeness (QED) is 0.376. The summed E-state index contributed by atoms with van der Waals surface area (Å²) in [7, 11) is 1.42. The van der Waals surface area contributed by atoms with Crippen molar-refractivity contribution in [3.05, 3.63) is 74.1 Å². The van der Waals surface area contributed by atoms with Gasteiger partial charge in [-0.3, -0.25) is 23.5 Å². The highest BCUT2D eigenvalue weighted by Crippen LogP contribution is 2.30. The summed E-state index contributed by atoms with van der Waals surface area (Å²) in [5.41, 5.74) is -0.858. The van der Waals surface area contributed by atoms with Crippen LogP contribution in [0.2, 0.25) is 5.02 Å². The average Bonchev–Trinajstić information content (AvgIpc) is 3.16. The van der Waals surface area contributed by atoms with E-state index in [-0.39, 0.29) is 49.0 Å². The molecule has 0 bridgehead atoms. The first-order valence-electron chi connectivity index (χ1n) is 10.5. The van der Waals surface area contributed by atoms with Gasteiger partial charge >= 0.3 is 18.1 Å². The van der Waals surface area contributed by atoms with Crippen molar-refractivity contribution in [1.29, 1.82) is 0 Å². The van der Waals surface area contributed by atoms with E-state index in [1.165, 1.54) is 29.9 Å². The van der Waals surface area contributed by atoms with Crippen LogP contribution in [0.3, 0.4) is 0 Å². The number of halogens is 4. The monoisotopic (exact) mass is 525 g/mol. The molecule has 0 fully saturated rings. The molecule has 0 aliphatic carbocycles. The third kappa shape index (κ3) is 5.36. The van der Waals surface area contributed by atoms with E-state index in [1.807, 2.05) is 0 Å². The lowest BCUT2D eigenvalue weighted by Crippen LogP contribution is -2.39. The minimum absolute atomic E-state index is 0.00286. The predicted molar refractivity (Wildman–Crippen MR) is 122 cm³/mol. The summed E-state index contributed by atoms with van der Waals surface area (Å²) in [6.07, 6.45) is -3.32. The second kappa shape index (κ2) is 10.0. The summed E-state index contributed by atoms with van der Waals surface area (Å²) in [6.45, 7) is -0.295. The number of benzene rings is 1. The van der Waals surface area contributed by atoms with Crippen LogP contribution in [-0.2, 0) is 20.1 Å². The smallest absolute Gasteiger partial charge is 0.425 e. The molecule has 0 aliphatic heterocycles. The second-order valence-corrected chi connectivity index (χ2v) is 8.06. The molecule has 1 aromatic carbocycles. The summed E-state index contributed by atoms with van der Waals surface area (Å²) >= 11 is 5.91. The van der Waals surface area contributed by atoms with Gasteiger partial charge in [0.25, 0.3) is 5.56 Å². The van der Waals surface area contributed by atoms with Crippen LogP contribution in [0.4, 0.5) is 13.2 Å². The molecular formula is C22H19ClF3N5O5. The molecule has 0 saturated carbocycles. The van der Waals surface area contributed by atoms with Crippen molar-refractivity contribution in [3.8, 4) is 17.5 Å². The summed E-state index contributed by atoms with van der Waals surface area (Å²) in [5, 5.41) is 9.55. The number of hydrogen-bond acceptors (Lipinski definition) is 7. The molecular weight excluding hydrogens is 507 g/mol. The lowest BCUT2D eigenvalue weighted by molar-refractivity contribution is -0.274. The van der Waals surface area contributed by atoms with Crippen LogP contribution >= 0.6 is 11.6 Å². The van der Waals surface area contributed by atoms with Gasteiger partial charge in [0.15, 0.2) is 11.2 Å². The number of imidazole rings is 1. The zero-order chi connectivity index (χ0) is 26.0. The number of aliphatic hydroxyl groups is 1. The maximum absolute atomic E-state index is 13.3. The minimum atomic E-state index is -4.90. The van der Waals surface area contributed by atoms with Crippen LogP contribution in [0.1, 0.15) is 12.1 Å². The Morgan fingerprint density at radius 1 is 1.11 bits per heavy atom. The van der Waals surface area contributed by atoms with E-state index in [4.69, 9.17) is 21.4 Å². The van der Waals surface area contributed by atoms with Gasteiger partial charge in [-0.25, -0.2) is 4.79 Å². The van der Waals surface area contributed by atoms with E-state index >= 15 is 0 Å². The Morgan fingerprint density at radius 3 is 2.53 bits per heavy atom. The van der Waals surface area contributed by atoms with Crippen molar-refractivity contribution >= 4 is 22.8 Å². The molecule has 0 aliphatic rings. The Labute approximate surface area is 205 Å². The van der Waals surface area contributed by atoms with Crippen molar-refractivity contribution < 1.29 is 27.8 Å². The Morgan fingerprint density at radius 2 is 1.86 bits per heavy atom. The number of nitrogens with zero attached hydrogens (tertiary/aromatic N) is 5. The molecule has 0 spiro atoms. The van der Waals surface area contributed by atoms with Crippen LogP contribution < -0.4 is 20.7 Å². The molecule has 14 heteroatoms. The number of hydrogen-bond donors (Lipinski definition) is 1. The van der Waals surface area contributed by atoms with E-state index in [2.05, 4.69) is 14.7 Å². The van der Waals surface area contributed by atoms with Crippen LogP contribution in [-0.4, -0.2) is 41.7 Å². The molecule has 0 unspecified atom stereocenters. The highest BCUT2D eigenvalue weighted by molar-refractivity contribution is 6.30. The molecule has 36 heavy (non-hydrogen) atoms. The Bertz CT molecular complexity index is 1510. The van der Waals surface area contributed by atoms with E-state index in [9.17, 15) is 22.8 Å². The van der Waals surface area contributed by atoms with E-state index < -0.39 is 23.4 Å². The van der Waals surface area contributed by atoms with Crippen molar-refractivity contribution in [2.75, 3.05) is 6.61 Å². The number of aliphatic hydroxyl groups excluding tert-OH is 1. The normalized spacial score (nSPS) is 11.7. The first-order valence-corrected chi connectivity index (χ1v) is 10.9. The van der Waals surface area contributed by atoms with Gasteiger partial charge in [-0.05, 0) is 30.7 Å². The summed E-state index contributed by atoms with van der Waals surface area (Å²) < 4.78 is 51.1. The average molecular weight is 526 g/mol. The lowest BCUT2D eigenvalue weighted by atomic mass is 10.3. The Kier molecular flexibility index (Phi) is 7.04. The number of ether oxygens (including phenoxy) is 2. The highest BCUT2D eigenvalue weighted by Gasteiger charge is 2.31. The van der Waals surface area contributed by atoms with Gasteiger partial charge in [0.2, 0.25) is 0 Å². The molecule has 3 heterocycles. The molecule has 4 aromatic rings. The fraction of sp³-hybridized carbons (Fsp3) is 0.273. The van der Waals surface area contributed by atoms with Gasteiger partial charge in [0.1, 0.15) is 11.5 Å². The van der Waals surface area contributed by atoms with E-state index in [0.29, 0.717) is 10.7 Å². The van der Waals surface area contributed by atoms with Crippen LogP contribution in [0.25, 0.3) is 11.2 Å². The Hall–Kier alpha value is -3.84. The first kappa shape index (κ1) is 25.3. The molecule has 4 rings (SSSR count). The standard InChI is InChI=1S/C22H19ClF3N5O5/c1-29-18-17(19(33)30(21(29)34)8-3-9-32)31(12-14-7-6-13(23)11-27-14)20(28-18)35-15-4-2-5-16(10-15)36-22(24,25)26/h2,4-7,10-11,32H,3,8-9,12H2,1H3. The maximum Gasteiger partial charge on any atom is 0.573 e. The van der Waals surface area contributed by atoms with Crippen LogP contribution in [0, 0.1) is 0 Å². The number of rotatable bonds is 8. The highest BCUT2D eigenvalue weighted by atomic mass is 35.5. The second-order valence-electron chi connectivity index (χ2n) is 7.62. The number of fused-ring (bicyclic) bond motifs is 1. The van der Waals surface area contributed by atoms with Gasteiger partial charge in [-0.2, -0.15) is 4.98 Å². The topological polar surface area (TPSA) is 113 Å². The first-order chi connectivity index (χ1) is 17.1. The molecule has 0 atom stereocenters. The van der Waals surface area contributed by atoms with E-state index in [0.717, 1.165) is 21.3 Å². The number of alkyl halides is 3. The summed E-state index contributed by atoms with van der Waals surface area (Å²) in [4.78, 5) is 34.6. The third-order valence-corrected chi connectivity index (χ3v) is 5.32. The molecule has 190 valence electrons. The van der Waals surface area contributed by atoms with E-state index in [1.54, 1.807) is 12.1 Å². The fourth-order valence-corrected chi connectivity index (χ4v) is 3.62. The van der Waals surface area contributed by atoms with Crippen molar-refractivity contribution in [2.45, 2.75) is 25.9 Å². The fourth-order valence-electron chi connectivity index (χ4n) is 3.50. The lowest BCUT2D eigenvalue weighted by Gasteiger charge is -2.12. The zero-order valence-electron chi connectivity index (χ0n) is 18.7. The largest absolute Gasteiger partial charge is 0.573 e. The molecule has 1 N–H and O–H groups in total. The third-order valence-electron chi connectivity index (χ3n) is 5.09. The summed E-state index contributed by atoms with van der Waals surface area (Å²) in [5.74, 6) is -0.566. The number of aryl methyl sites for hydroxylation is 1. The predicted octanol–water partition coefficient (Wildman–Crippen LogP) is 3.07. The molecule has 3 aromatic heterocycles. The van der Waals surface area contributed by atoms with Crippen molar-refractivity contribution in [1.82, 2.24) is 23.7 Å². The van der Waals surface area contributed by atoms with Crippen LogP contribution in [0.15, 0.2) is 52.2 Å². The number of pyridine rings is 1. The Balaban J connectivity index is 1.87. The van der Waals surface area contributed by atoms with Crippen LogP contribution in [0.5, 0.6) is 17.5 Å². The van der Waals surface area contributed by atoms with Gasteiger partial charge < -0.3 is 14.6 Å². The molecule has 0 amide bonds. The van der Waals surface area contributed by atoms with Crippen molar-refractivity contribution in [2.24, 2.45) is 7.05 Å². The minimum Gasteiger partial charge on any atom is -0.425 e. The molecule has 0 saturated heterocycles. The maximum atomic E-state index is 13.3. The van der Waals surface area contributed by atoms with Gasteiger partial charge in [0, 0.05) is 32.5 Å². The van der Waals surface area contributed by atoms with Gasteiger partial charge in [-0.15, -0.1) is 13.2 Å². The zero-order valence-corrected chi connectivity index (χ0v) is 19.5.